The van der Waals surface area contributed by atoms with Crippen LogP contribution in [0.1, 0.15) is 28.4 Å². The van der Waals surface area contributed by atoms with E-state index in [1.54, 1.807) is 12.1 Å². The molecule has 0 radical (unpaired) electrons. The van der Waals surface area contributed by atoms with E-state index in [1.807, 2.05) is 50.2 Å². The number of hydrogen-bond acceptors (Lipinski definition) is 4. The maximum Gasteiger partial charge on any atom is 0.255 e. The summed E-state index contributed by atoms with van der Waals surface area (Å²) in [7, 11) is 0. The standard InChI is InChI=1S/C22H27N3O3/c1-3-25-11-12-28-15-20(25)22(27)23-14-17-5-4-6-19(13-17)24-21(26)18-9-7-16(2)8-10-18/h4-10,13,20H,3,11-12,14-15H2,1-2H3,(H,23,27)(H,24,26). The summed E-state index contributed by atoms with van der Waals surface area (Å²) in [5.74, 6) is -0.185. The maximum absolute atomic E-state index is 12.5. The number of hydrogen-bond donors (Lipinski definition) is 2. The Hall–Kier alpha value is -2.70. The zero-order valence-electron chi connectivity index (χ0n) is 16.4. The normalized spacial score (nSPS) is 17.1. The van der Waals surface area contributed by atoms with Crippen molar-refractivity contribution in [2.75, 3.05) is 31.6 Å². The van der Waals surface area contributed by atoms with Gasteiger partial charge in [-0.25, -0.2) is 0 Å². The molecule has 0 spiro atoms. The lowest BCUT2D eigenvalue weighted by atomic mass is 10.1. The van der Waals surface area contributed by atoms with Gasteiger partial charge in [0.15, 0.2) is 0 Å². The van der Waals surface area contributed by atoms with Crippen molar-refractivity contribution in [3.05, 3.63) is 65.2 Å². The van der Waals surface area contributed by atoms with Crippen LogP contribution in [-0.4, -0.2) is 49.1 Å². The SMILES string of the molecule is CCN1CCOCC1C(=O)NCc1cccc(NC(=O)c2ccc(C)cc2)c1. The molecule has 28 heavy (non-hydrogen) atoms. The average Bonchev–Trinajstić information content (AvgIpc) is 2.72. The molecule has 6 heteroatoms. The summed E-state index contributed by atoms with van der Waals surface area (Å²) in [5, 5.41) is 5.88. The zero-order valence-corrected chi connectivity index (χ0v) is 16.4. The van der Waals surface area contributed by atoms with Crippen LogP contribution >= 0.6 is 0 Å². The molecule has 6 nitrogen and oxygen atoms in total. The second-order valence-electron chi connectivity index (χ2n) is 6.96. The van der Waals surface area contributed by atoms with Crippen LogP contribution in [-0.2, 0) is 16.1 Å². The van der Waals surface area contributed by atoms with Crippen LogP contribution in [0.2, 0.25) is 0 Å². The van der Waals surface area contributed by atoms with E-state index in [9.17, 15) is 9.59 Å². The molecule has 0 aliphatic carbocycles. The Labute approximate surface area is 165 Å². The first-order valence-corrected chi connectivity index (χ1v) is 9.63. The molecule has 0 aromatic heterocycles. The quantitative estimate of drug-likeness (QED) is 0.807. The van der Waals surface area contributed by atoms with Crippen molar-refractivity contribution in [3.63, 3.8) is 0 Å². The number of likely N-dealkylation sites (N-methyl/N-ethyl adjacent to an activating group) is 1. The van der Waals surface area contributed by atoms with Crippen LogP contribution in [0.3, 0.4) is 0 Å². The van der Waals surface area contributed by atoms with E-state index in [1.165, 1.54) is 0 Å². The Morgan fingerprint density at radius 2 is 1.96 bits per heavy atom. The number of aryl methyl sites for hydroxylation is 1. The lowest BCUT2D eigenvalue weighted by Gasteiger charge is -2.33. The molecule has 2 aromatic carbocycles. The van der Waals surface area contributed by atoms with E-state index in [4.69, 9.17) is 4.74 Å². The molecule has 1 unspecified atom stereocenters. The molecule has 1 atom stereocenters. The van der Waals surface area contributed by atoms with Gasteiger partial charge in [0, 0.05) is 24.3 Å². The number of carbonyl (C=O) groups is 2. The smallest absolute Gasteiger partial charge is 0.255 e. The summed E-state index contributed by atoms with van der Waals surface area (Å²) in [6.45, 7) is 7.12. The number of nitrogens with zero attached hydrogens (tertiary/aromatic N) is 1. The Morgan fingerprint density at radius 1 is 1.18 bits per heavy atom. The van der Waals surface area contributed by atoms with Gasteiger partial charge in [-0.2, -0.15) is 0 Å². The highest BCUT2D eigenvalue weighted by Gasteiger charge is 2.27. The Balaban J connectivity index is 1.58. The highest BCUT2D eigenvalue weighted by molar-refractivity contribution is 6.04. The summed E-state index contributed by atoms with van der Waals surface area (Å²) >= 11 is 0. The number of amides is 2. The first-order valence-electron chi connectivity index (χ1n) is 9.63. The second-order valence-corrected chi connectivity index (χ2v) is 6.96. The van der Waals surface area contributed by atoms with Crippen LogP contribution in [0, 0.1) is 6.92 Å². The first kappa shape index (κ1) is 20.0. The summed E-state index contributed by atoms with van der Waals surface area (Å²) in [6, 6.07) is 14.7. The van der Waals surface area contributed by atoms with E-state index in [-0.39, 0.29) is 17.9 Å². The molecule has 3 rings (SSSR count). The monoisotopic (exact) mass is 381 g/mol. The summed E-state index contributed by atoms with van der Waals surface area (Å²) in [6.07, 6.45) is 0. The van der Waals surface area contributed by atoms with E-state index >= 15 is 0 Å². The molecule has 2 amide bonds. The van der Waals surface area contributed by atoms with Crippen LogP contribution < -0.4 is 10.6 Å². The van der Waals surface area contributed by atoms with Gasteiger partial charge in [0.25, 0.3) is 5.91 Å². The molecule has 1 aliphatic rings. The average molecular weight is 381 g/mol. The summed E-state index contributed by atoms with van der Waals surface area (Å²) in [4.78, 5) is 27.0. The zero-order chi connectivity index (χ0) is 19.9. The van der Waals surface area contributed by atoms with Crippen LogP contribution in [0.15, 0.2) is 48.5 Å². The number of anilines is 1. The van der Waals surface area contributed by atoms with Crippen molar-refractivity contribution in [2.45, 2.75) is 26.4 Å². The lowest BCUT2D eigenvalue weighted by Crippen LogP contribution is -2.53. The van der Waals surface area contributed by atoms with E-state index in [2.05, 4.69) is 15.5 Å². The van der Waals surface area contributed by atoms with Gasteiger partial charge in [-0.1, -0.05) is 36.8 Å². The molecular weight excluding hydrogens is 354 g/mol. The molecule has 1 aliphatic heterocycles. The topological polar surface area (TPSA) is 70.7 Å². The first-order chi connectivity index (χ1) is 13.6. The van der Waals surface area contributed by atoms with Crippen molar-refractivity contribution >= 4 is 17.5 Å². The minimum atomic E-state index is -0.247. The maximum atomic E-state index is 12.5. The van der Waals surface area contributed by atoms with Crippen molar-refractivity contribution in [2.24, 2.45) is 0 Å². The number of rotatable bonds is 6. The Morgan fingerprint density at radius 3 is 2.71 bits per heavy atom. The summed E-state index contributed by atoms with van der Waals surface area (Å²) in [5.41, 5.74) is 3.35. The molecule has 2 aromatic rings. The van der Waals surface area contributed by atoms with Gasteiger partial charge in [0.1, 0.15) is 6.04 Å². The van der Waals surface area contributed by atoms with Crippen molar-refractivity contribution in [3.8, 4) is 0 Å². The Bertz CT molecular complexity index is 820. The highest BCUT2D eigenvalue weighted by Crippen LogP contribution is 2.13. The van der Waals surface area contributed by atoms with Crippen molar-refractivity contribution in [1.29, 1.82) is 0 Å². The number of carbonyl (C=O) groups excluding carboxylic acids is 2. The molecule has 148 valence electrons. The van der Waals surface area contributed by atoms with Crippen LogP contribution in [0.25, 0.3) is 0 Å². The largest absolute Gasteiger partial charge is 0.378 e. The van der Waals surface area contributed by atoms with E-state index < -0.39 is 0 Å². The third-order valence-corrected chi connectivity index (χ3v) is 4.91. The molecule has 1 saturated heterocycles. The number of nitrogens with one attached hydrogen (secondary N) is 2. The van der Waals surface area contributed by atoms with Gasteiger partial charge in [-0.15, -0.1) is 0 Å². The van der Waals surface area contributed by atoms with Gasteiger partial charge in [-0.3, -0.25) is 14.5 Å². The number of benzene rings is 2. The van der Waals surface area contributed by atoms with Gasteiger partial charge < -0.3 is 15.4 Å². The van der Waals surface area contributed by atoms with Crippen LogP contribution in [0.4, 0.5) is 5.69 Å². The fraction of sp³-hybridized carbons (Fsp3) is 0.364. The molecular formula is C22H27N3O3. The fourth-order valence-corrected chi connectivity index (χ4v) is 3.23. The second kappa shape index (κ2) is 9.48. The van der Waals surface area contributed by atoms with Gasteiger partial charge in [0.2, 0.25) is 5.91 Å². The fourth-order valence-electron chi connectivity index (χ4n) is 3.23. The molecule has 0 saturated carbocycles. The minimum absolute atomic E-state index is 0.0318. The number of morpholine rings is 1. The minimum Gasteiger partial charge on any atom is -0.378 e. The summed E-state index contributed by atoms with van der Waals surface area (Å²) < 4.78 is 5.45. The third-order valence-electron chi connectivity index (χ3n) is 4.91. The van der Waals surface area contributed by atoms with Gasteiger partial charge >= 0.3 is 0 Å². The van der Waals surface area contributed by atoms with Gasteiger partial charge in [-0.05, 0) is 43.3 Å². The number of ether oxygens (including phenoxy) is 1. The predicted octanol–water partition coefficient (Wildman–Crippen LogP) is 2.58. The van der Waals surface area contributed by atoms with E-state index in [0.717, 1.165) is 24.2 Å². The van der Waals surface area contributed by atoms with E-state index in [0.29, 0.717) is 31.0 Å². The molecule has 1 fully saturated rings. The van der Waals surface area contributed by atoms with Gasteiger partial charge in [0.05, 0.1) is 13.2 Å². The molecule has 2 N–H and O–H groups in total. The lowest BCUT2D eigenvalue weighted by molar-refractivity contribution is -0.132. The molecule has 0 bridgehead atoms. The predicted molar refractivity (Wildman–Crippen MR) is 109 cm³/mol. The van der Waals surface area contributed by atoms with Crippen molar-refractivity contribution in [1.82, 2.24) is 10.2 Å². The third kappa shape index (κ3) is 5.18. The van der Waals surface area contributed by atoms with Crippen LogP contribution in [0.5, 0.6) is 0 Å². The van der Waals surface area contributed by atoms with Crippen molar-refractivity contribution < 1.29 is 14.3 Å². The highest BCUT2D eigenvalue weighted by atomic mass is 16.5. The Kier molecular flexibility index (Phi) is 6.79. The molecule has 1 heterocycles.